The van der Waals surface area contributed by atoms with E-state index in [9.17, 15) is 5.11 Å². The number of ether oxygens (including phenoxy) is 1. The van der Waals surface area contributed by atoms with Gasteiger partial charge >= 0.3 is 0 Å². The van der Waals surface area contributed by atoms with Crippen LogP contribution in [-0.4, -0.2) is 18.5 Å². The van der Waals surface area contributed by atoms with Gasteiger partial charge in [0, 0.05) is 14.9 Å². The molecule has 106 valence electrons. The van der Waals surface area contributed by atoms with Gasteiger partial charge in [0.15, 0.2) is 0 Å². The van der Waals surface area contributed by atoms with Crippen molar-refractivity contribution < 1.29 is 9.84 Å². The maximum Gasteiger partial charge on any atom is 0.125 e. The van der Waals surface area contributed by atoms with Crippen molar-refractivity contribution in [3.8, 4) is 5.75 Å². The molecular formula is C16H17BrO2S. The Morgan fingerprint density at radius 3 is 2.40 bits per heavy atom. The molecule has 4 heteroatoms. The van der Waals surface area contributed by atoms with E-state index in [4.69, 9.17) is 4.74 Å². The topological polar surface area (TPSA) is 29.5 Å². The van der Waals surface area contributed by atoms with E-state index in [0.717, 1.165) is 21.2 Å². The molecule has 1 N–H and O–H groups in total. The molecule has 0 fully saturated rings. The molecule has 0 aliphatic carbocycles. The van der Waals surface area contributed by atoms with Gasteiger partial charge in [-0.05, 0) is 48.6 Å². The van der Waals surface area contributed by atoms with Crippen LogP contribution in [0, 0.1) is 6.92 Å². The summed E-state index contributed by atoms with van der Waals surface area (Å²) >= 11 is 5.19. The number of hydrogen-bond donors (Lipinski definition) is 1. The standard InChI is InChI=1S/C16H17BrO2S/c1-10-8-15(19-2)13(9-14(10)17)16(18)11-4-6-12(20-3)7-5-11/h4-9,16,18H,1-3H3. The minimum Gasteiger partial charge on any atom is -0.496 e. The second kappa shape index (κ2) is 6.66. The third-order valence-electron chi connectivity index (χ3n) is 3.24. The molecule has 0 amide bonds. The summed E-state index contributed by atoms with van der Waals surface area (Å²) in [5.74, 6) is 0.701. The van der Waals surface area contributed by atoms with E-state index < -0.39 is 6.10 Å². The quantitative estimate of drug-likeness (QED) is 0.817. The van der Waals surface area contributed by atoms with Gasteiger partial charge in [-0.3, -0.25) is 0 Å². The van der Waals surface area contributed by atoms with Crippen molar-refractivity contribution in [3.05, 3.63) is 57.6 Å². The molecule has 20 heavy (non-hydrogen) atoms. The molecule has 1 unspecified atom stereocenters. The van der Waals surface area contributed by atoms with E-state index in [1.165, 1.54) is 4.90 Å². The summed E-state index contributed by atoms with van der Waals surface area (Å²) in [6.45, 7) is 2.00. The van der Waals surface area contributed by atoms with Crippen molar-refractivity contribution in [3.63, 3.8) is 0 Å². The van der Waals surface area contributed by atoms with Gasteiger partial charge in [-0.1, -0.05) is 28.1 Å². The Kier molecular flexibility index (Phi) is 5.13. The van der Waals surface area contributed by atoms with Gasteiger partial charge in [-0.15, -0.1) is 11.8 Å². The average Bonchev–Trinajstić information content (AvgIpc) is 2.49. The van der Waals surface area contributed by atoms with Crippen LogP contribution in [0.3, 0.4) is 0 Å². The summed E-state index contributed by atoms with van der Waals surface area (Å²) in [6.07, 6.45) is 1.34. The Labute approximate surface area is 132 Å². The number of halogens is 1. The minimum absolute atomic E-state index is 0.697. The fourth-order valence-electron chi connectivity index (χ4n) is 2.03. The molecule has 2 aromatic carbocycles. The molecule has 2 nitrogen and oxygen atoms in total. The molecule has 0 bridgehead atoms. The molecule has 0 saturated heterocycles. The number of aliphatic hydroxyl groups excluding tert-OH is 1. The fourth-order valence-corrected chi connectivity index (χ4v) is 2.80. The predicted octanol–water partition coefficient (Wildman–Crippen LogP) is 4.57. The van der Waals surface area contributed by atoms with Gasteiger partial charge in [0.2, 0.25) is 0 Å². The molecule has 0 spiro atoms. The lowest BCUT2D eigenvalue weighted by atomic mass is 9.99. The molecule has 1 atom stereocenters. The zero-order valence-electron chi connectivity index (χ0n) is 11.7. The SMILES string of the molecule is COc1cc(C)c(Br)cc1C(O)c1ccc(SC)cc1. The van der Waals surface area contributed by atoms with Crippen LogP contribution in [0.5, 0.6) is 5.75 Å². The Hall–Kier alpha value is -0.970. The maximum atomic E-state index is 10.6. The molecule has 2 aromatic rings. The highest BCUT2D eigenvalue weighted by atomic mass is 79.9. The molecule has 0 aliphatic rings. The first-order valence-electron chi connectivity index (χ1n) is 6.23. The zero-order chi connectivity index (χ0) is 14.7. The Balaban J connectivity index is 2.41. The summed E-state index contributed by atoms with van der Waals surface area (Å²) in [7, 11) is 1.62. The highest BCUT2D eigenvalue weighted by molar-refractivity contribution is 9.10. The van der Waals surface area contributed by atoms with Crippen molar-refractivity contribution >= 4 is 27.7 Å². The van der Waals surface area contributed by atoms with Gasteiger partial charge in [-0.25, -0.2) is 0 Å². The molecule has 0 saturated carbocycles. The van der Waals surface area contributed by atoms with Crippen LogP contribution < -0.4 is 4.74 Å². The number of aryl methyl sites for hydroxylation is 1. The number of methoxy groups -OCH3 is 1. The van der Waals surface area contributed by atoms with Gasteiger partial charge in [0.25, 0.3) is 0 Å². The van der Waals surface area contributed by atoms with Crippen molar-refractivity contribution in [2.75, 3.05) is 13.4 Å². The minimum atomic E-state index is -0.697. The van der Waals surface area contributed by atoms with Crippen LogP contribution in [0.25, 0.3) is 0 Å². The zero-order valence-corrected chi connectivity index (χ0v) is 14.1. The fraction of sp³-hybridized carbons (Fsp3) is 0.250. The summed E-state index contributed by atoms with van der Waals surface area (Å²) in [4.78, 5) is 1.18. The van der Waals surface area contributed by atoms with Crippen LogP contribution in [-0.2, 0) is 0 Å². The molecular weight excluding hydrogens is 336 g/mol. The third-order valence-corrected chi connectivity index (χ3v) is 4.84. The second-order valence-corrected chi connectivity index (χ2v) is 6.25. The molecule has 2 rings (SSSR count). The van der Waals surface area contributed by atoms with E-state index in [2.05, 4.69) is 15.9 Å². The second-order valence-electron chi connectivity index (χ2n) is 4.52. The lowest BCUT2D eigenvalue weighted by Gasteiger charge is -2.17. The molecule has 0 aromatic heterocycles. The van der Waals surface area contributed by atoms with Gasteiger partial charge in [-0.2, -0.15) is 0 Å². The normalized spacial score (nSPS) is 12.2. The van der Waals surface area contributed by atoms with Crippen LogP contribution in [0.4, 0.5) is 0 Å². The Bertz CT molecular complexity index is 596. The number of aliphatic hydroxyl groups is 1. The monoisotopic (exact) mass is 352 g/mol. The van der Waals surface area contributed by atoms with Gasteiger partial charge in [0.1, 0.15) is 11.9 Å². The number of benzene rings is 2. The van der Waals surface area contributed by atoms with Crippen LogP contribution in [0.15, 0.2) is 45.8 Å². The third kappa shape index (κ3) is 3.19. The average molecular weight is 353 g/mol. The predicted molar refractivity (Wildman–Crippen MR) is 87.7 cm³/mol. The summed E-state index contributed by atoms with van der Waals surface area (Å²) in [6, 6.07) is 11.8. The lowest BCUT2D eigenvalue weighted by Crippen LogP contribution is -2.03. The van der Waals surface area contributed by atoms with Crippen molar-refractivity contribution in [2.24, 2.45) is 0 Å². The van der Waals surface area contributed by atoms with E-state index in [0.29, 0.717) is 5.75 Å². The van der Waals surface area contributed by atoms with Crippen LogP contribution >= 0.6 is 27.7 Å². The van der Waals surface area contributed by atoms with E-state index in [1.54, 1.807) is 18.9 Å². The summed E-state index contributed by atoms with van der Waals surface area (Å²) in [5.41, 5.74) is 2.70. The van der Waals surface area contributed by atoms with Gasteiger partial charge in [0.05, 0.1) is 7.11 Å². The highest BCUT2D eigenvalue weighted by Crippen LogP contribution is 2.34. The van der Waals surface area contributed by atoms with E-state index >= 15 is 0 Å². The first-order valence-corrected chi connectivity index (χ1v) is 8.24. The number of rotatable bonds is 4. The van der Waals surface area contributed by atoms with Crippen molar-refractivity contribution in [2.45, 2.75) is 17.9 Å². The summed E-state index contributed by atoms with van der Waals surface area (Å²) < 4.78 is 6.35. The Morgan fingerprint density at radius 2 is 1.85 bits per heavy atom. The molecule has 0 heterocycles. The maximum absolute atomic E-state index is 10.6. The van der Waals surface area contributed by atoms with Crippen LogP contribution in [0.1, 0.15) is 22.8 Å². The number of thioether (sulfide) groups is 1. The van der Waals surface area contributed by atoms with Crippen LogP contribution in [0.2, 0.25) is 0 Å². The number of hydrogen-bond acceptors (Lipinski definition) is 3. The first kappa shape index (κ1) is 15.4. The summed E-state index contributed by atoms with van der Waals surface area (Å²) in [5, 5.41) is 10.6. The van der Waals surface area contributed by atoms with E-state index in [1.807, 2.05) is 49.6 Å². The lowest BCUT2D eigenvalue weighted by molar-refractivity contribution is 0.214. The van der Waals surface area contributed by atoms with Crippen molar-refractivity contribution in [1.82, 2.24) is 0 Å². The molecule has 0 radical (unpaired) electrons. The largest absolute Gasteiger partial charge is 0.496 e. The van der Waals surface area contributed by atoms with Gasteiger partial charge < -0.3 is 9.84 Å². The van der Waals surface area contributed by atoms with E-state index in [-0.39, 0.29) is 0 Å². The Morgan fingerprint density at radius 1 is 1.20 bits per heavy atom. The molecule has 0 aliphatic heterocycles. The highest BCUT2D eigenvalue weighted by Gasteiger charge is 2.17. The first-order chi connectivity index (χ1) is 9.56. The van der Waals surface area contributed by atoms with Crippen molar-refractivity contribution in [1.29, 1.82) is 0 Å². The smallest absolute Gasteiger partial charge is 0.125 e.